The van der Waals surface area contributed by atoms with Crippen LogP contribution in [0.4, 0.5) is 5.69 Å². The lowest BCUT2D eigenvalue weighted by Crippen LogP contribution is -2.34. The highest BCUT2D eigenvalue weighted by Crippen LogP contribution is 2.20. The number of hydrogen-bond donors (Lipinski definition) is 2. The number of carbonyl (C=O) groups is 1. The summed E-state index contributed by atoms with van der Waals surface area (Å²) in [4.78, 5) is 11.9. The van der Waals surface area contributed by atoms with Crippen LogP contribution in [0.15, 0.2) is 22.7 Å². The van der Waals surface area contributed by atoms with Crippen molar-refractivity contribution in [1.29, 1.82) is 5.26 Å². The molecule has 4 nitrogen and oxygen atoms in total. The smallest absolute Gasteiger partial charge is 0.251 e. The predicted molar refractivity (Wildman–Crippen MR) is 70.3 cm³/mol. The van der Waals surface area contributed by atoms with Crippen molar-refractivity contribution in [3.05, 3.63) is 28.2 Å². The van der Waals surface area contributed by atoms with Crippen molar-refractivity contribution >= 4 is 27.5 Å². The molecule has 1 aromatic carbocycles. The first-order valence-corrected chi connectivity index (χ1v) is 6.10. The van der Waals surface area contributed by atoms with Crippen LogP contribution in [0.25, 0.3) is 0 Å². The maximum absolute atomic E-state index is 11.9. The summed E-state index contributed by atoms with van der Waals surface area (Å²) in [5, 5.41) is 11.4. The van der Waals surface area contributed by atoms with E-state index >= 15 is 0 Å². The van der Waals surface area contributed by atoms with E-state index in [1.165, 1.54) is 0 Å². The molecule has 0 radical (unpaired) electrons. The van der Waals surface area contributed by atoms with Gasteiger partial charge in [0.25, 0.3) is 5.91 Å². The minimum Gasteiger partial charge on any atom is -0.398 e. The van der Waals surface area contributed by atoms with Crippen LogP contribution in [-0.4, -0.2) is 11.9 Å². The van der Waals surface area contributed by atoms with Gasteiger partial charge in [-0.15, -0.1) is 0 Å². The van der Waals surface area contributed by atoms with Crippen molar-refractivity contribution in [2.45, 2.75) is 25.8 Å². The number of anilines is 1. The van der Waals surface area contributed by atoms with E-state index in [1.54, 1.807) is 18.2 Å². The maximum Gasteiger partial charge on any atom is 0.251 e. The Morgan fingerprint density at radius 2 is 2.35 bits per heavy atom. The molecule has 17 heavy (non-hydrogen) atoms. The van der Waals surface area contributed by atoms with E-state index in [0.29, 0.717) is 22.1 Å². The van der Waals surface area contributed by atoms with Gasteiger partial charge in [0.15, 0.2) is 0 Å². The fourth-order valence-corrected chi connectivity index (χ4v) is 1.72. The van der Waals surface area contributed by atoms with E-state index < -0.39 is 0 Å². The largest absolute Gasteiger partial charge is 0.398 e. The van der Waals surface area contributed by atoms with Crippen molar-refractivity contribution in [2.75, 3.05) is 5.73 Å². The van der Waals surface area contributed by atoms with Gasteiger partial charge in [-0.3, -0.25) is 4.79 Å². The minimum absolute atomic E-state index is 0.108. The number of carbonyl (C=O) groups excluding carboxylic acids is 1. The zero-order chi connectivity index (χ0) is 12.8. The van der Waals surface area contributed by atoms with Crippen LogP contribution < -0.4 is 11.1 Å². The standard InChI is InChI=1S/C12H14BrN3O/c1-2-9(5-6-14)16-12(17)8-3-4-11(15)10(13)7-8/h3-4,7,9H,2,5,15H2,1H3,(H,16,17). The average molecular weight is 296 g/mol. The number of benzene rings is 1. The number of amides is 1. The first-order chi connectivity index (χ1) is 8.08. The van der Waals surface area contributed by atoms with Gasteiger partial charge in [0.05, 0.1) is 12.5 Å². The lowest BCUT2D eigenvalue weighted by Gasteiger charge is -2.13. The predicted octanol–water partition coefficient (Wildman–Crippen LogP) is 2.45. The van der Waals surface area contributed by atoms with Gasteiger partial charge in [0, 0.05) is 21.8 Å². The van der Waals surface area contributed by atoms with Crippen molar-refractivity contribution in [1.82, 2.24) is 5.32 Å². The lowest BCUT2D eigenvalue weighted by atomic mass is 10.1. The molecule has 0 aromatic heterocycles. The average Bonchev–Trinajstić information content (AvgIpc) is 2.31. The lowest BCUT2D eigenvalue weighted by molar-refractivity contribution is 0.0936. The molecule has 1 amide bonds. The molecule has 1 rings (SSSR count). The maximum atomic E-state index is 11.9. The number of halogens is 1. The van der Waals surface area contributed by atoms with Gasteiger partial charge in [-0.05, 0) is 40.5 Å². The first kappa shape index (κ1) is 13.5. The number of hydrogen-bond acceptors (Lipinski definition) is 3. The van der Waals surface area contributed by atoms with Crippen molar-refractivity contribution in [3.63, 3.8) is 0 Å². The quantitative estimate of drug-likeness (QED) is 0.838. The molecule has 90 valence electrons. The van der Waals surface area contributed by atoms with Crippen LogP contribution in [0.1, 0.15) is 30.1 Å². The van der Waals surface area contributed by atoms with Gasteiger partial charge in [-0.2, -0.15) is 5.26 Å². The second-order valence-corrected chi connectivity index (χ2v) is 4.53. The molecular weight excluding hydrogens is 282 g/mol. The molecule has 0 fully saturated rings. The number of rotatable bonds is 4. The van der Waals surface area contributed by atoms with Gasteiger partial charge in [-0.1, -0.05) is 6.92 Å². The summed E-state index contributed by atoms with van der Waals surface area (Å²) in [6, 6.07) is 6.95. The Hall–Kier alpha value is -1.54. The summed E-state index contributed by atoms with van der Waals surface area (Å²) in [6.07, 6.45) is 1.05. The van der Waals surface area contributed by atoms with E-state index in [2.05, 4.69) is 27.3 Å². The van der Waals surface area contributed by atoms with Crippen LogP contribution in [0.5, 0.6) is 0 Å². The molecule has 0 aliphatic rings. The Balaban J connectivity index is 2.76. The molecule has 1 atom stereocenters. The number of nitrogens with one attached hydrogen (secondary N) is 1. The van der Waals surface area contributed by atoms with E-state index in [9.17, 15) is 4.79 Å². The van der Waals surface area contributed by atoms with Crippen molar-refractivity contribution < 1.29 is 4.79 Å². The molecule has 0 aliphatic heterocycles. The molecular formula is C12H14BrN3O. The Bertz CT molecular complexity index is 454. The normalized spacial score (nSPS) is 11.6. The van der Waals surface area contributed by atoms with Crippen molar-refractivity contribution in [3.8, 4) is 6.07 Å². The molecule has 0 spiro atoms. The Morgan fingerprint density at radius 3 is 2.88 bits per heavy atom. The third-order valence-corrected chi connectivity index (χ3v) is 3.12. The molecule has 0 saturated heterocycles. The topological polar surface area (TPSA) is 78.9 Å². The van der Waals surface area contributed by atoms with E-state index in [1.807, 2.05) is 6.92 Å². The highest BCUT2D eigenvalue weighted by Gasteiger charge is 2.12. The zero-order valence-electron chi connectivity index (χ0n) is 9.53. The molecule has 0 saturated carbocycles. The summed E-state index contributed by atoms with van der Waals surface area (Å²) < 4.78 is 0.693. The zero-order valence-corrected chi connectivity index (χ0v) is 11.1. The molecule has 1 unspecified atom stereocenters. The molecule has 0 bridgehead atoms. The van der Waals surface area contributed by atoms with Crippen molar-refractivity contribution in [2.24, 2.45) is 0 Å². The SMILES string of the molecule is CCC(CC#N)NC(=O)c1ccc(N)c(Br)c1. The van der Waals surface area contributed by atoms with Gasteiger partial charge in [0.2, 0.25) is 0 Å². The monoisotopic (exact) mass is 295 g/mol. The number of nitrogens with two attached hydrogens (primary N) is 1. The summed E-state index contributed by atoms with van der Waals surface area (Å²) in [5.74, 6) is -0.187. The second kappa shape index (κ2) is 6.26. The molecule has 5 heteroatoms. The van der Waals surface area contributed by atoms with Gasteiger partial charge in [0.1, 0.15) is 0 Å². The third kappa shape index (κ3) is 3.75. The Morgan fingerprint density at radius 1 is 1.65 bits per heavy atom. The first-order valence-electron chi connectivity index (χ1n) is 5.31. The minimum atomic E-state index is -0.187. The van der Waals surface area contributed by atoms with Gasteiger partial charge >= 0.3 is 0 Å². The molecule has 1 aromatic rings. The van der Waals surface area contributed by atoms with Crippen LogP contribution in [-0.2, 0) is 0 Å². The number of nitrogen functional groups attached to an aromatic ring is 1. The Kier molecular flexibility index (Phi) is 4.98. The van der Waals surface area contributed by atoms with Crippen LogP contribution in [0, 0.1) is 11.3 Å². The van der Waals surface area contributed by atoms with Gasteiger partial charge in [-0.25, -0.2) is 0 Å². The van der Waals surface area contributed by atoms with Crippen LogP contribution in [0.3, 0.4) is 0 Å². The summed E-state index contributed by atoms with van der Waals surface area (Å²) in [6.45, 7) is 1.93. The summed E-state index contributed by atoms with van der Waals surface area (Å²) >= 11 is 3.27. The van der Waals surface area contributed by atoms with E-state index in [4.69, 9.17) is 11.0 Å². The van der Waals surface area contributed by atoms with Crippen LogP contribution in [0.2, 0.25) is 0 Å². The fraction of sp³-hybridized carbons (Fsp3) is 0.333. The molecule has 0 heterocycles. The van der Waals surface area contributed by atoms with Gasteiger partial charge < -0.3 is 11.1 Å². The number of nitriles is 1. The summed E-state index contributed by atoms with van der Waals surface area (Å²) in [5.41, 5.74) is 6.76. The molecule has 0 aliphatic carbocycles. The highest BCUT2D eigenvalue weighted by atomic mass is 79.9. The number of nitrogens with zero attached hydrogens (tertiary/aromatic N) is 1. The molecule has 3 N–H and O–H groups in total. The fourth-order valence-electron chi connectivity index (χ4n) is 1.34. The highest BCUT2D eigenvalue weighted by molar-refractivity contribution is 9.10. The van der Waals surface area contributed by atoms with E-state index in [-0.39, 0.29) is 11.9 Å². The van der Waals surface area contributed by atoms with E-state index in [0.717, 1.165) is 6.42 Å². The summed E-state index contributed by atoms with van der Waals surface area (Å²) in [7, 11) is 0. The van der Waals surface area contributed by atoms with Crippen LogP contribution >= 0.6 is 15.9 Å². The third-order valence-electron chi connectivity index (χ3n) is 2.43. The second-order valence-electron chi connectivity index (χ2n) is 3.68. The Labute approximate surface area is 109 Å².